The Morgan fingerprint density at radius 2 is 2.27 bits per heavy atom. The zero-order valence-corrected chi connectivity index (χ0v) is 12.0. The number of urea groups is 1. The monoisotopic (exact) mass is 304 g/mol. The average molecular weight is 304 g/mol. The highest BCUT2D eigenvalue weighted by Crippen LogP contribution is 2.10. The summed E-state index contributed by atoms with van der Waals surface area (Å²) in [5, 5.41) is 16.6. The van der Waals surface area contributed by atoms with Gasteiger partial charge in [0.2, 0.25) is 5.91 Å². The van der Waals surface area contributed by atoms with Crippen molar-refractivity contribution in [3.63, 3.8) is 0 Å². The quantitative estimate of drug-likeness (QED) is 0.782. The molecule has 0 saturated carbocycles. The number of amides is 3. The van der Waals surface area contributed by atoms with E-state index in [2.05, 4.69) is 16.0 Å². The summed E-state index contributed by atoms with van der Waals surface area (Å²) in [6.07, 6.45) is 2.32. The van der Waals surface area contributed by atoms with Crippen LogP contribution in [0, 0.1) is 17.1 Å². The van der Waals surface area contributed by atoms with Crippen LogP contribution in [-0.2, 0) is 11.3 Å². The number of rotatable bonds is 3. The van der Waals surface area contributed by atoms with E-state index in [0.717, 1.165) is 12.8 Å². The van der Waals surface area contributed by atoms with Gasteiger partial charge in [0.25, 0.3) is 0 Å². The average Bonchev–Trinajstić information content (AvgIpc) is 2.71. The van der Waals surface area contributed by atoms with Gasteiger partial charge in [0.05, 0.1) is 11.6 Å². The Bertz CT molecular complexity index is 612. The van der Waals surface area contributed by atoms with Crippen molar-refractivity contribution < 1.29 is 14.0 Å². The summed E-state index contributed by atoms with van der Waals surface area (Å²) in [5.74, 6) is -0.697. The topological polar surface area (TPSA) is 94.0 Å². The normalized spacial score (nSPS) is 17.8. The second kappa shape index (κ2) is 7.41. The molecule has 3 amide bonds. The second-order valence-corrected chi connectivity index (χ2v) is 5.08. The van der Waals surface area contributed by atoms with E-state index in [1.54, 1.807) is 0 Å². The number of benzene rings is 1. The van der Waals surface area contributed by atoms with Crippen LogP contribution in [0.25, 0.3) is 0 Å². The van der Waals surface area contributed by atoms with Crippen LogP contribution in [0.2, 0.25) is 0 Å². The molecule has 1 atom stereocenters. The van der Waals surface area contributed by atoms with E-state index in [0.29, 0.717) is 18.5 Å². The smallest absolute Gasteiger partial charge is 0.315 e. The number of hydrogen-bond donors (Lipinski definition) is 3. The molecule has 1 fully saturated rings. The van der Waals surface area contributed by atoms with Crippen molar-refractivity contribution in [3.05, 3.63) is 35.1 Å². The van der Waals surface area contributed by atoms with Gasteiger partial charge in [-0.2, -0.15) is 5.26 Å². The highest BCUT2D eigenvalue weighted by Gasteiger charge is 2.22. The molecule has 0 aliphatic carbocycles. The first-order valence-corrected chi connectivity index (χ1v) is 7.11. The molecule has 1 aromatic carbocycles. The minimum absolute atomic E-state index is 0.0540. The maximum Gasteiger partial charge on any atom is 0.315 e. The van der Waals surface area contributed by atoms with Crippen LogP contribution in [0.1, 0.15) is 30.4 Å². The van der Waals surface area contributed by atoms with Crippen LogP contribution < -0.4 is 16.0 Å². The summed E-state index contributed by atoms with van der Waals surface area (Å²) < 4.78 is 13.6. The fourth-order valence-corrected chi connectivity index (χ4v) is 2.24. The number of nitriles is 1. The van der Waals surface area contributed by atoms with Crippen LogP contribution in [0.3, 0.4) is 0 Å². The van der Waals surface area contributed by atoms with Crippen LogP contribution >= 0.6 is 0 Å². The van der Waals surface area contributed by atoms with Crippen LogP contribution in [0.4, 0.5) is 9.18 Å². The molecular formula is C15H17FN4O2. The van der Waals surface area contributed by atoms with Crippen LogP contribution in [0.5, 0.6) is 0 Å². The zero-order chi connectivity index (χ0) is 15.9. The van der Waals surface area contributed by atoms with Crippen molar-refractivity contribution in [1.29, 1.82) is 5.26 Å². The number of nitrogens with one attached hydrogen (secondary N) is 3. The number of nitrogens with zero attached hydrogens (tertiary/aromatic N) is 1. The van der Waals surface area contributed by atoms with Crippen molar-refractivity contribution in [1.82, 2.24) is 16.0 Å². The fourth-order valence-electron chi connectivity index (χ4n) is 2.24. The molecule has 116 valence electrons. The Morgan fingerprint density at radius 3 is 3.05 bits per heavy atom. The SMILES string of the molecule is N#Cc1ccc(F)c(CNC(=O)N[C@H]2CCCCNC2=O)c1. The first-order valence-electron chi connectivity index (χ1n) is 7.11. The molecule has 0 bridgehead atoms. The summed E-state index contributed by atoms with van der Waals surface area (Å²) in [5.41, 5.74) is 0.543. The predicted molar refractivity (Wildman–Crippen MR) is 77.1 cm³/mol. The Labute approximate surface area is 127 Å². The molecule has 1 aliphatic rings. The van der Waals surface area contributed by atoms with E-state index in [-0.39, 0.29) is 18.0 Å². The van der Waals surface area contributed by atoms with Gasteiger partial charge >= 0.3 is 6.03 Å². The summed E-state index contributed by atoms with van der Waals surface area (Å²) in [6.45, 7) is 0.562. The van der Waals surface area contributed by atoms with E-state index in [1.807, 2.05) is 6.07 Å². The van der Waals surface area contributed by atoms with Crippen LogP contribution in [0.15, 0.2) is 18.2 Å². The Kier molecular flexibility index (Phi) is 5.31. The standard InChI is InChI=1S/C15H17FN4O2/c16-12-5-4-10(8-17)7-11(12)9-19-15(22)20-13-3-1-2-6-18-14(13)21/h4-5,7,13H,1-3,6,9H2,(H,18,21)(H2,19,20,22)/t13-/m0/s1. The van der Waals surface area contributed by atoms with Crippen molar-refractivity contribution in [2.75, 3.05) is 6.54 Å². The maximum absolute atomic E-state index is 13.6. The third-order valence-corrected chi connectivity index (χ3v) is 3.45. The lowest BCUT2D eigenvalue weighted by molar-refractivity contribution is -0.122. The van der Waals surface area contributed by atoms with Gasteiger partial charge < -0.3 is 16.0 Å². The van der Waals surface area contributed by atoms with E-state index in [4.69, 9.17) is 5.26 Å². The Morgan fingerprint density at radius 1 is 1.45 bits per heavy atom. The molecule has 6 nitrogen and oxygen atoms in total. The molecule has 0 spiro atoms. The molecule has 1 heterocycles. The van der Waals surface area contributed by atoms with Gasteiger partial charge in [0.15, 0.2) is 0 Å². The molecule has 1 saturated heterocycles. The maximum atomic E-state index is 13.6. The highest BCUT2D eigenvalue weighted by atomic mass is 19.1. The van der Waals surface area contributed by atoms with E-state index >= 15 is 0 Å². The first kappa shape index (κ1) is 15.8. The number of carbonyl (C=O) groups is 2. The first-order chi connectivity index (χ1) is 10.6. The predicted octanol–water partition coefficient (Wildman–Crippen LogP) is 1.17. The molecule has 7 heteroatoms. The lowest BCUT2D eigenvalue weighted by Crippen LogP contribution is -2.48. The van der Waals surface area contributed by atoms with Crippen molar-refractivity contribution >= 4 is 11.9 Å². The lowest BCUT2D eigenvalue weighted by atomic mass is 10.1. The summed E-state index contributed by atoms with van der Waals surface area (Å²) in [4.78, 5) is 23.5. The van der Waals surface area contributed by atoms with Gasteiger partial charge in [-0.1, -0.05) is 0 Å². The molecular weight excluding hydrogens is 287 g/mol. The van der Waals surface area contributed by atoms with Gasteiger partial charge in [-0.05, 0) is 37.5 Å². The molecule has 0 radical (unpaired) electrons. The van der Waals surface area contributed by atoms with Crippen LogP contribution in [-0.4, -0.2) is 24.5 Å². The molecule has 0 unspecified atom stereocenters. The number of halogens is 1. The Balaban J connectivity index is 1.90. The third-order valence-electron chi connectivity index (χ3n) is 3.45. The highest BCUT2D eigenvalue weighted by molar-refractivity contribution is 5.87. The molecule has 0 aromatic heterocycles. The molecule has 1 aliphatic heterocycles. The molecule has 22 heavy (non-hydrogen) atoms. The van der Waals surface area contributed by atoms with Gasteiger partial charge in [0, 0.05) is 18.7 Å². The van der Waals surface area contributed by atoms with Crippen molar-refractivity contribution in [2.24, 2.45) is 0 Å². The number of carbonyl (C=O) groups excluding carboxylic acids is 2. The summed E-state index contributed by atoms with van der Waals surface area (Å²) in [6, 6.07) is 4.74. The molecule has 2 rings (SSSR count). The fraction of sp³-hybridized carbons (Fsp3) is 0.400. The van der Waals surface area contributed by atoms with E-state index in [9.17, 15) is 14.0 Å². The van der Waals surface area contributed by atoms with Gasteiger partial charge in [-0.25, -0.2) is 9.18 Å². The Hall–Kier alpha value is -2.62. The van der Waals surface area contributed by atoms with E-state index in [1.165, 1.54) is 18.2 Å². The third kappa shape index (κ3) is 4.19. The minimum Gasteiger partial charge on any atom is -0.354 e. The summed E-state index contributed by atoms with van der Waals surface area (Å²) in [7, 11) is 0. The van der Waals surface area contributed by atoms with Crippen molar-refractivity contribution in [3.8, 4) is 6.07 Å². The summed E-state index contributed by atoms with van der Waals surface area (Å²) >= 11 is 0. The van der Waals surface area contributed by atoms with Gasteiger partial charge in [0.1, 0.15) is 11.9 Å². The zero-order valence-electron chi connectivity index (χ0n) is 12.0. The van der Waals surface area contributed by atoms with Crippen molar-refractivity contribution in [2.45, 2.75) is 31.8 Å². The second-order valence-electron chi connectivity index (χ2n) is 5.08. The molecule has 3 N–H and O–H groups in total. The van der Waals surface area contributed by atoms with Gasteiger partial charge in [-0.3, -0.25) is 4.79 Å². The number of hydrogen-bond acceptors (Lipinski definition) is 3. The largest absolute Gasteiger partial charge is 0.354 e. The lowest BCUT2D eigenvalue weighted by Gasteiger charge is -2.16. The minimum atomic E-state index is -0.571. The van der Waals surface area contributed by atoms with Gasteiger partial charge in [-0.15, -0.1) is 0 Å². The van der Waals surface area contributed by atoms with E-state index < -0.39 is 17.9 Å². The molecule has 1 aromatic rings.